The van der Waals surface area contributed by atoms with Crippen LogP contribution in [0.2, 0.25) is 0 Å². The van der Waals surface area contributed by atoms with E-state index in [4.69, 9.17) is 0 Å². The minimum absolute atomic E-state index is 0.150. The first-order chi connectivity index (χ1) is 8.92. The first kappa shape index (κ1) is 14.5. The molecule has 0 saturated carbocycles. The van der Waals surface area contributed by atoms with Gasteiger partial charge in [0, 0.05) is 17.0 Å². The highest BCUT2D eigenvalue weighted by atomic mass is 32.2. The van der Waals surface area contributed by atoms with Gasteiger partial charge in [0.15, 0.2) is 4.34 Å². The maximum absolute atomic E-state index is 4.36. The number of nitrogens with zero attached hydrogens (tertiary/aromatic N) is 2. The quantitative estimate of drug-likeness (QED) is 0.928. The van der Waals surface area contributed by atoms with Crippen LogP contribution in [0.1, 0.15) is 32.2 Å². The highest BCUT2D eigenvalue weighted by Crippen LogP contribution is 2.28. The smallest absolute Gasteiger partial charge is 0.174 e. The third kappa shape index (κ3) is 4.93. The second-order valence-corrected chi connectivity index (χ2v) is 7.53. The Labute approximate surface area is 123 Å². The van der Waals surface area contributed by atoms with Crippen molar-refractivity contribution in [2.24, 2.45) is 0 Å². The first-order valence-corrected chi connectivity index (χ1v) is 7.83. The second kappa shape index (κ2) is 6.03. The van der Waals surface area contributed by atoms with Gasteiger partial charge in [-0.25, -0.2) is 4.98 Å². The van der Waals surface area contributed by atoms with Crippen LogP contribution in [0.15, 0.2) is 33.5 Å². The molecule has 2 rings (SSSR count). The van der Waals surface area contributed by atoms with Crippen molar-refractivity contribution in [2.75, 3.05) is 0 Å². The van der Waals surface area contributed by atoms with E-state index in [1.54, 1.807) is 11.8 Å². The van der Waals surface area contributed by atoms with Crippen molar-refractivity contribution in [3.8, 4) is 0 Å². The molecular weight excluding hydrogens is 274 g/mol. The zero-order chi connectivity index (χ0) is 13.9. The molecule has 0 aliphatic heterocycles. The summed E-state index contributed by atoms with van der Waals surface area (Å²) < 4.78 is 5.18. The molecule has 0 spiro atoms. The topological polar surface area (TPSA) is 37.8 Å². The molecule has 1 heterocycles. The summed E-state index contributed by atoms with van der Waals surface area (Å²) >= 11 is 3.12. The highest BCUT2D eigenvalue weighted by Gasteiger charge is 2.08. The van der Waals surface area contributed by atoms with Gasteiger partial charge in [0.2, 0.25) is 0 Å². The molecule has 102 valence electrons. The van der Waals surface area contributed by atoms with Crippen molar-refractivity contribution in [1.82, 2.24) is 14.7 Å². The van der Waals surface area contributed by atoms with Gasteiger partial charge in [0.25, 0.3) is 0 Å². The Balaban J connectivity index is 1.95. The maximum atomic E-state index is 4.36. The molecule has 0 radical (unpaired) electrons. The number of hydrogen-bond acceptors (Lipinski definition) is 5. The lowest BCUT2D eigenvalue weighted by atomic mass is 10.1. The van der Waals surface area contributed by atoms with Crippen LogP contribution in [0.3, 0.4) is 0 Å². The van der Waals surface area contributed by atoms with E-state index < -0.39 is 0 Å². The third-order valence-corrected chi connectivity index (χ3v) is 4.31. The third-order valence-electron chi connectivity index (χ3n) is 2.46. The van der Waals surface area contributed by atoms with Gasteiger partial charge in [-0.1, -0.05) is 23.9 Å². The number of hydrogen-bond donors (Lipinski definition) is 1. The van der Waals surface area contributed by atoms with Gasteiger partial charge in [0.1, 0.15) is 5.82 Å². The number of nitrogens with one attached hydrogen (secondary N) is 1. The van der Waals surface area contributed by atoms with Crippen LogP contribution in [0.5, 0.6) is 0 Å². The van der Waals surface area contributed by atoms with Gasteiger partial charge < -0.3 is 5.32 Å². The predicted octanol–water partition coefficient (Wildman–Crippen LogP) is 3.89. The Morgan fingerprint density at radius 3 is 2.42 bits per heavy atom. The SMILES string of the molecule is Cc1nsc(Sc2ccc(CNC(C)(C)C)cc2)n1. The van der Waals surface area contributed by atoms with Crippen molar-refractivity contribution >= 4 is 23.3 Å². The molecule has 0 unspecified atom stereocenters. The van der Waals surface area contributed by atoms with E-state index in [9.17, 15) is 0 Å². The van der Waals surface area contributed by atoms with Crippen molar-refractivity contribution < 1.29 is 0 Å². The van der Waals surface area contributed by atoms with Crippen molar-refractivity contribution in [1.29, 1.82) is 0 Å². The number of aryl methyl sites for hydroxylation is 1. The van der Waals surface area contributed by atoms with E-state index in [1.165, 1.54) is 22.0 Å². The van der Waals surface area contributed by atoms with Crippen LogP contribution >= 0.6 is 23.3 Å². The summed E-state index contributed by atoms with van der Waals surface area (Å²) in [5.41, 5.74) is 1.45. The molecule has 2 aromatic rings. The number of benzene rings is 1. The summed E-state index contributed by atoms with van der Waals surface area (Å²) in [6.45, 7) is 9.34. The lowest BCUT2D eigenvalue weighted by Gasteiger charge is -2.20. The second-order valence-electron chi connectivity index (χ2n) is 5.46. The summed E-state index contributed by atoms with van der Waals surface area (Å²) in [7, 11) is 0. The van der Waals surface area contributed by atoms with E-state index in [0.717, 1.165) is 16.7 Å². The largest absolute Gasteiger partial charge is 0.308 e. The molecule has 0 bridgehead atoms. The predicted molar refractivity (Wildman–Crippen MR) is 81.8 cm³/mol. The summed E-state index contributed by atoms with van der Waals surface area (Å²) in [6.07, 6.45) is 0. The average molecular weight is 293 g/mol. The molecule has 0 amide bonds. The zero-order valence-electron chi connectivity index (χ0n) is 11.7. The van der Waals surface area contributed by atoms with Gasteiger partial charge in [0.05, 0.1) is 0 Å². The highest BCUT2D eigenvalue weighted by molar-refractivity contribution is 8.01. The summed E-state index contributed by atoms with van der Waals surface area (Å²) in [4.78, 5) is 5.56. The Bertz CT molecular complexity index is 526. The summed E-state index contributed by atoms with van der Waals surface area (Å²) in [6, 6.07) is 8.60. The summed E-state index contributed by atoms with van der Waals surface area (Å²) in [5, 5.41) is 3.48. The van der Waals surface area contributed by atoms with E-state index >= 15 is 0 Å². The number of rotatable bonds is 4. The molecule has 1 aromatic heterocycles. The van der Waals surface area contributed by atoms with Crippen LogP contribution in [0.25, 0.3) is 0 Å². The molecule has 0 saturated heterocycles. The van der Waals surface area contributed by atoms with E-state index in [1.807, 2.05) is 6.92 Å². The van der Waals surface area contributed by atoms with Crippen molar-refractivity contribution in [3.05, 3.63) is 35.7 Å². The summed E-state index contributed by atoms with van der Waals surface area (Å²) in [5.74, 6) is 0.846. The molecule has 0 aliphatic rings. The van der Waals surface area contributed by atoms with E-state index in [2.05, 4.69) is 59.7 Å². The van der Waals surface area contributed by atoms with Crippen LogP contribution in [0, 0.1) is 6.92 Å². The molecule has 1 aromatic carbocycles. The fraction of sp³-hybridized carbons (Fsp3) is 0.429. The Morgan fingerprint density at radius 2 is 1.89 bits per heavy atom. The van der Waals surface area contributed by atoms with Crippen LogP contribution in [-0.4, -0.2) is 14.9 Å². The van der Waals surface area contributed by atoms with Crippen LogP contribution in [0.4, 0.5) is 0 Å². The first-order valence-electron chi connectivity index (χ1n) is 6.24. The van der Waals surface area contributed by atoms with E-state index in [-0.39, 0.29) is 5.54 Å². The lowest BCUT2D eigenvalue weighted by Crippen LogP contribution is -2.35. The molecule has 19 heavy (non-hydrogen) atoms. The lowest BCUT2D eigenvalue weighted by molar-refractivity contribution is 0.424. The maximum Gasteiger partial charge on any atom is 0.174 e. The number of aromatic nitrogens is 2. The van der Waals surface area contributed by atoms with Gasteiger partial charge in [-0.2, -0.15) is 4.37 Å². The van der Waals surface area contributed by atoms with Gasteiger partial charge in [-0.15, -0.1) is 0 Å². The molecule has 0 aliphatic carbocycles. The normalized spacial score (nSPS) is 11.8. The minimum Gasteiger partial charge on any atom is -0.308 e. The van der Waals surface area contributed by atoms with Gasteiger partial charge in [-0.3, -0.25) is 0 Å². The fourth-order valence-corrected chi connectivity index (χ4v) is 3.09. The van der Waals surface area contributed by atoms with Gasteiger partial charge >= 0.3 is 0 Å². The minimum atomic E-state index is 0.150. The Hall–Kier alpha value is -0.910. The van der Waals surface area contributed by atoms with Crippen molar-refractivity contribution in [2.45, 2.75) is 49.0 Å². The van der Waals surface area contributed by atoms with E-state index in [0.29, 0.717) is 0 Å². The molecule has 3 nitrogen and oxygen atoms in total. The molecular formula is C14H19N3S2. The van der Waals surface area contributed by atoms with Gasteiger partial charge in [-0.05, 0) is 56.9 Å². The van der Waals surface area contributed by atoms with Crippen LogP contribution < -0.4 is 5.32 Å². The fourth-order valence-electron chi connectivity index (χ4n) is 1.46. The van der Waals surface area contributed by atoms with Crippen LogP contribution in [-0.2, 0) is 6.54 Å². The zero-order valence-corrected chi connectivity index (χ0v) is 13.4. The molecule has 1 N–H and O–H groups in total. The van der Waals surface area contributed by atoms with Crippen molar-refractivity contribution in [3.63, 3.8) is 0 Å². The molecule has 0 atom stereocenters. The Morgan fingerprint density at radius 1 is 1.21 bits per heavy atom. The molecule has 0 fully saturated rings. The average Bonchev–Trinajstić information content (AvgIpc) is 2.73. The standard InChI is InChI=1S/C14H19N3S2/c1-10-16-13(19-17-10)18-12-7-5-11(6-8-12)9-15-14(2,3)4/h5-8,15H,9H2,1-4H3. The Kier molecular flexibility index (Phi) is 4.60. The molecule has 5 heteroatoms. The monoisotopic (exact) mass is 293 g/mol.